The highest BCUT2D eigenvalue weighted by atomic mass is 127. The molecule has 0 saturated carbocycles. The molecule has 0 unspecified atom stereocenters. The van der Waals surface area contributed by atoms with Crippen LogP contribution in [-0.4, -0.2) is 50.8 Å². The highest BCUT2D eigenvalue weighted by Crippen LogP contribution is 2.09. The van der Waals surface area contributed by atoms with Crippen LogP contribution in [0.25, 0.3) is 0 Å². The smallest absolute Gasteiger partial charge is 0.191 e. The minimum absolute atomic E-state index is 0. The summed E-state index contributed by atoms with van der Waals surface area (Å²) in [6, 6.07) is 19.4. The van der Waals surface area contributed by atoms with Crippen molar-refractivity contribution in [1.82, 2.24) is 15.5 Å². The number of ether oxygens (including phenoxy) is 1. The van der Waals surface area contributed by atoms with E-state index in [-0.39, 0.29) is 24.0 Å². The van der Waals surface area contributed by atoms with E-state index in [9.17, 15) is 0 Å². The van der Waals surface area contributed by atoms with Crippen LogP contribution in [0, 0.1) is 0 Å². The van der Waals surface area contributed by atoms with Gasteiger partial charge in [0.25, 0.3) is 0 Å². The zero-order chi connectivity index (χ0) is 19.4. The summed E-state index contributed by atoms with van der Waals surface area (Å²) in [5.41, 5.74) is 4.00. The Morgan fingerprint density at radius 2 is 1.62 bits per heavy atom. The topological polar surface area (TPSA) is 48.9 Å². The van der Waals surface area contributed by atoms with E-state index < -0.39 is 0 Å². The van der Waals surface area contributed by atoms with Crippen LogP contribution in [0.2, 0.25) is 0 Å². The van der Waals surface area contributed by atoms with Crippen LogP contribution in [0.4, 0.5) is 0 Å². The van der Waals surface area contributed by atoms with E-state index in [0.717, 1.165) is 64.7 Å². The van der Waals surface area contributed by atoms with E-state index in [0.29, 0.717) is 0 Å². The van der Waals surface area contributed by atoms with Crippen LogP contribution in [0.5, 0.6) is 0 Å². The van der Waals surface area contributed by atoms with Gasteiger partial charge in [-0.05, 0) is 29.5 Å². The second-order valence-corrected chi connectivity index (χ2v) is 7.15. The first-order chi connectivity index (χ1) is 13.8. The van der Waals surface area contributed by atoms with Gasteiger partial charge in [0.1, 0.15) is 0 Å². The molecule has 0 amide bonds. The minimum atomic E-state index is 0. The van der Waals surface area contributed by atoms with Gasteiger partial charge in [0, 0.05) is 39.8 Å². The maximum atomic E-state index is 5.41. The summed E-state index contributed by atoms with van der Waals surface area (Å²) < 4.78 is 5.41. The number of aryl methyl sites for hydroxylation is 1. The van der Waals surface area contributed by atoms with Crippen molar-refractivity contribution in [2.75, 3.05) is 39.9 Å². The molecule has 0 atom stereocenters. The van der Waals surface area contributed by atoms with Gasteiger partial charge in [0.15, 0.2) is 5.96 Å². The third-order valence-corrected chi connectivity index (χ3v) is 4.99. The van der Waals surface area contributed by atoms with Crippen molar-refractivity contribution >= 4 is 29.9 Å². The molecule has 0 aliphatic carbocycles. The van der Waals surface area contributed by atoms with E-state index in [1.54, 1.807) is 0 Å². The number of benzene rings is 2. The van der Waals surface area contributed by atoms with Gasteiger partial charge in [-0.1, -0.05) is 54.6 Å². The number of hydrogen-bond donors (Lipinski definition) is 2. The first-order valence-corrected chi connectivity index (χ1v) is 10.2. The first kappa shape index (κ1) is 23.6. The normalized spacial score (nSPS) is 14.9. The highest BCUT2D eigenvalue weighted by molar-refractivity contribution is 14.0. The first-order valence-electron chi connectivity index (χ1n) is 10.2. The molecule has 0 bridgehead atoms. The average molecular weight is 508 g/mol. The lowest BCUT2D eigenvalue weighted by molar-refractivity contribution is 0.0342. The number of halogens is 1. The summed E-state index contributed by atoms with van der Waals surface area (Å²) in [6.45, 7) is 6.43. The van der Waals surface area contributed by atoms with Crippen molar-refractivity contribution in [3.63, 3.8) is 0 Å². The summed E-state index contributed by atoms with van der Waals surface area (Å²) in [5.74, 6) is 0.852. The molecular formula is C23H33IN4O. The molecule has 29 heavy (non-hydrogen) atoms. The zero-order valence-electron chi connectivity index (χ0n) is 17.3. The summed E-state index contributed by atoms with van der Waals surface area (Å²) in [5, 5.41) is 6.79. The van der Waals surface area contributed by atoms with Crippen LogP contribution in [0.3, 0.4) is 0 Å². The summed E-state index contributed by atoms with van der Waals surface area (Å²) in [7, 11) is 1.82. The van der Waals surface area contributed by atoms with Gasteiger partial charge >= 0.3 is 0 Å². The molecule has 6 heteroatoms. The molecule has 0 radical (unpaired) electrons. The molecule has 158 valence electrons. The standard InChI is InChI=1S/C23H32N4O.HI/c1-24-23(25-13-5-8-20-6-3-2-4-7-20)26-18-21-9-11-22(12-10-21)19-27-14-16-28-17-15-27;/h2-4,6-7,9-12H,5,8,13-19H2,1H3,(H2,24,25,26);1H. The second-order valence-electron chi connectivity index (χ2n) is 7.15. The van der Waals surface area contributed by atoms with Gasteiger partial charge < -0.3 is 15.4 Å². The maximum Gasteiger partial charge on any atom is 0.191 e. The molecular weight excluding hydrogens is 475 g/mol. The molecule has 2 N–H and O–H groups in total. The van der Waals surface area contributed by atoms with E-state index in [1.165, 1.54) is 16.7 Å². The molecule has 0 spiro atoms. The van der Waals surface area contributed by atoms with Crippen molar-refractivity contribution in [3.8, 4) is 0 Å². The van der Waals surface area contributed by atoms with Crippen LogP contribution in [-0.2, 0) is 24.2 Å². The monoisotopic (exact) mass is 508 g/mol. The SMILES string of the molecule is CN=C(NCCCc1ccccc1)NCc1ccc(CN2CCOCC2)cc1.I. The lowest BCUT2D eigenvalue weighted by Gasteiger charge is -2.26. The Kier molecular flexibility index (Phi) is 11.1. The third kappa shape index (κ3) is 8.72. The van der Waals surface area contributed by atoms with E-state index >= 15 is 0 Å². The second kappa shape index (κ2) is 13.6. The van der Waals surface area contributed by atoms with Gasteiger partial charge in [-0.15, -0.1) is 24.0 Å². The Morgan fingerprint density at radius 3 is 2.31 bits per heavy atom. The number of morpholine rings is 1. The highest BCUT2D eigenvalue weighted by Gasteiger charge is 2.10. The molecule has 1 aliphatic rings. The van der Waals surface area contributed by atoms with E-state index in [4.69, 9.17) is 4.74 Å². The molecule has 1 aliphatic heterocycles. The number of nitrogens with zero attached hydrogens (tertiary/aromatic N) is 2. The van der Waals surface area contributed by atoms with Crippen molar-refractivity contribution in [3.05, 3.63) is 71.3 Å². The quantitative estimate of drug-likeness (QED) is 0.248. The van der Waals surface area contributed by atoms with Gasteiger partial charge in [-0.25, -0.2) is 0 Å². The van der Waals surface area contributed by atoms with E-state index in [2.05, 4.69) is 75.1 Å². The van der Waals surface area contributed by atoms with Crippen molar-refractivity contribution in [1.29, 1.82) is 0 Å². The predicted octanol–water partition coefficient (Wildman–Crippen LogP) is 3.43. The zero-order valence-corrected chi connectivity index (χ0v) is 19.6. The maximum absolute atomic E-state index is 5.41. The fraction of sp³-hybridized carbons (Fsp3) is 0.435. The number of guanidine groups is 1. The number of nitrogens with one attached hydrogen (secondary N) is 2. The average Bonchev–Trinajstić information content (AvgIpc) is 2.76. The Morgan fingerprint density at radius 1 is 0.931 bits per heavy atom. The lowest BCUT2D eigenvalue weighted by atomic mass is 10.1. The predicted molar refractivity (Wildman–Crippen MR) is 131 cm³/mol. The fourth-order valence-corrected chi connectivity index (χ4v) is 3.33. The van der Waals surface area contributed by atoms with Crippen LogP contribution >= 0.6 is 24.0 Å². The largest absolute Gasteiger partial charge is 0.379 e. The molecule has 1 saturated heterocycles. The summed E-state index contributed by atoms with van der Waals surface area (Å²) in [6.07, 6.45) is 2.16. The van der Waals surface area contributed by atoms with E-state index in [1.807, 2.05) is 7.05 Å². The molecule has 5 nitrogen and oxygen atoms in total. The molecule has 0 aromatic heterocycles. The van der Waals surface area contributed by atoms with Gasteiger partial charge in [0.2, 0.25) is 0 Å². The number of rotatable bonds is 8. The third-order valence-electron chi connectivity index (χ3n) is 4.99. The lowest BCUT2D eigenvalue weighted by Crippen LogP contribution is -2.37. The van der Waals surface area contributed by atoms with Crippen molar-refractivity contribution < 1.29 is 4.74 Å². The number of hydrogen-bond acceptors (Lipinski definition) is 3. The molecule has 3 rings (SSSR count). The van der Waals surface area contributed by atoms with Gasteiger partial charge in [-0.3, -0.25) is 9.89 Å². The minimum Gasteiger partial charge on any atom is -0.379 e. The molecule has 2 aromatic rings. The molecule has 2 aromatic carbocycles. The Labute approximate surface area is 192 Å². The fourth-order valence-electron chi connectivity index (χ4n) is 3.33. The number of aliphatic imine (C=N–C) groups is 1. The van der Waals surface area contributed by atoms with Crippen LogP contribution < -0.4 is 10.6 Å². The molecule has 1 heterocycles. The van der Waals surface area contributed by atoms with Gasteiger partial charge in [0.05, 0.1) is 13.2 Å². The Balaban J connectivity index is 0.00000300. The van der Waals surface area contributed by atoms with Crippen molar-refractivity contribution in [2.24, 2.45) is 4.99 Å². The summed E-state index contributed by atoms with van der Waals surface area (Å²) >= 11 is 0. The summed E-state index contributed by atoms with van der Waals surface area (Å²) in [4.78, 5) is 6.76. The Hall–Kier alpha value is -1.64. The van der Waals surface area contributed by atoms with Crippen LogP contribution in [0.15, 0.2) is 59.6 Å². The van der Waals surface area contributed by atoms with Crippen molar-refractivity contribution in [2.45, 2.75) is 25.9 Å². The van der Waals surface area contributed by atoms with Crippen LogP contribution in [0.1, 0.15) is 23.1 Å². The van der Waals surface area contributed by atoms with Gasteiger partial charge in [-0.2, -0.15) is 0 Å². The molecule has 1 fully saturated rings. The Bertz CT molecular complexity index is 715.